The average Bonchev–Trinajstić information content (AvgIpc) is 2.23. The third kappa shape index (κ3) is 3.95. The van der Waals surface area contributed by atoms with Crippen LogP contribution < -0.4 is 10.6 Å². The molecule has 0 bridgehead atoms. The van der Waals surface area contributed by atoms with E-state index in [0.29, 0.717) is 27.3 Å². The number of carbonyl (C=O) groups excluding carboxylic acids is 1. The zero-order valence-electron chi connectivity index (χ0n) is 9.48. The van der Waals surface area contributed by atoms with Gasteiger partial charge in [-0.1, -0.05) is 34.8 Å². The van der Waals surface area contributed by atoms with Crippen LogP contribution in [0.1, 0.15) is 13.8 Å². The Labute approximate surface area is 115 Å². The number of amides is 1. The van der Waals surface area contributed by atoms with Gasteiger partial charge in [0.2, 0.25) is 5.91 Å². The third-order valence-electron chi connectivity index (χ3n) is 2.11. The van der Waals surface area contributed by atoms with Crippen molar-refractivity contribution in [3.05, 3.63) is 27.2 Å². The van der Waals surface area contributed by atoms with Crippen molar-refractivity contribution in [2.45, 2.75) is 19.9 Å². The molecule has 0 aromatic heterocycles. The minimum Gasteiger partial charge on any atom is -0.371 e. The van der Waals surface area contributed by atoms with Gasteiger partial charge < -0.3 is 10.6 Å². The zero-order valence-corrected chi connectivity index (χ0v) is 11.7. The summed E-state index contributed by atoms with van der Waals surface area (Å²) >= 11 is 17.8. The number of hydrogen-bond acceptors (Lipinski definition) is 2. The minimum absolute atomic E-state index is 0.116. The van der Waals surface area contributed by atoms with Crippen molar-refractivity contribution in [3.63, 3.8) is 0 Å². The predicted octanol–water partition coefficient (Wildman–Crippen LogP) is 3.58. The van der Waals surface area contributed by atoms with E-state index in [-0.39, 0.29) is 5.91 Å². The molecule has 0 saturated carbocycles. The summed E-state index contributed by atoms with van der Waals surface area (Å²) in [6, 6.07) is 2.72. The molecule has 3 nitrogen and oxygen atoms in total. The number of carbonyl (C=O) groups is 1. The van der Waals surface area contributed by atoms with E-state index in [2.05, 4.69) is 10.6 Å². The van der Waals surface area contributed by atoms with E-state index in [9.17, 15) is 4.79 Å². The second-order valence-electron chi connectivity index (χ2n) is 3.51. The quantitative estimate of drug-likeness (QED) is 0.891. The molecule has 2 N–H and O–H groups in total. The Morgan fingerprint density at radius 2 is 1.82 bits per heavy atom. The first-order chi connectivity index (χ1) is 7.95. The molecule has 0 spiro atoms. The molecule has 1 amide bonds. The first-order valence-electron chi connectivity index (χ1n) is 5.14. The van der Waals surface area contributed by atoms with Crippen molar-refractivity contribution in [3.8, 4) is 0 Å². The molecule has 1 aromatic carbocycles. The summed E-state index contributed by atoms with van der Waals surface area (Å²) in [4.78, 5) is 11.6. The van der Waals surface area contributed by atoms with Crippen LogP contribution in [0.2, 0.25) is 15.1 Å². The minimum atomic E-state index is -0.425. The van der Waals surface area contributed by atoms with Crippen LogP contribution >= 0.6 is 34.8 Å². The van der Waals surface area contributed by atoms with Gasteiger partial charge in [-0.2, -0.15) is 0 Å². The van der Waals surface area contributed by atoms with Gasteiger partial charge >= 0.3 is 0 Å². The average molecular weight is 296 g/mol. The fourth-order valence-electron chi connectivity index (χ4n) is 1.29. The summed E-state index contributed by atoms with van der Waals surface area (Å²) in [6.07, 6.45) is 0. The van der Waals surface area contributed by atoms with Gasteiger partial charge in [0, 0.05) is 11.6 Å². The van der Waals surface area contributed by atoms with Gasteiger partial charge in [0.25, 0.3) is 0 Å². The molecule has 1 rings (SSSR count). The smallest absolute Gasteiger partial charge is 0.242 e. The van der Waals surface area contributed by atoms with Crippen LogP contribution in [-0.2, 0) is 4.79 Å². The van der Waals surface area contributed by atoms with Crippen molar-refractivity contribution in [1.82, 2.24) is 5.32 Å². The largest absolute Gasteiger partial charge is 0.371 e. The number of hydrogen-bond donors (Lipinski definition) is 2. The van der Waals surface area contributed by atoms with Crippen molar-refractivity contribution >= 4 is 46.4 Å². The Kier molecular flexibility index (Phi) is 5.37. The highest BCUT2D eigenvalue weighted by molar-refractivity contribution is 6.41. The second-order valence-corrected chi connectivity index (χ2v) is 4.76. The number of halogens is 3. The van der Waals surface area contributed by atoms with E-state index in [0.717, 1.165) is 0 Å². The van der Waals surface area contributed by atoms with Crippen molar-refractivity contribution in [2.24, 2.45) is 0 Å². The molecular formula is C11H13Cl3N2O. The van der Waals surface area contributed by atoms with Gasteiger partial charge in [-0.05, 0) is 26.0 Å². The summed E-state index contributed by atoms with van der Waals surface area (Å²) in [5.41, 5.74) is 0.511. The molecule has 0 aliphatic carbocycles. The summed E-state index contributed by atoms with van der Waals surface area (Å²) < 4.78 is 0. The maximum atomic E-state index is 11.6. The maximum absolute atomic E-state index is 11.6. The highest BCUT2D eigenvalue weighted by Gasteiger charge is 2.15. The van der Waals surface area contributed by atoms with E-state index in [1.165, 1.54) is 0 Å². The number of rotatable bonds is 4. The molecule has 0 aliphatic rings. The SMILES string of the molecule is CCNC(=O)C(C)Nc1c(Cl)cc(Cl)cc1Cl. The van der Waals surface area contributed by atoms with Crippen LogP contribution in [0.15, 0.2) is 12.1 Å². The van der Waals surface area contributed by atoms with Gasteiger partial charge in [0.1, 0.15) is 6.04 Å². The number of likely N-dealkylation sites (N-methyl/N-ethyl adjacent to an activating group) is 1. The van der Waals surface area contributed by atoms with Gasteiger partial charge in [0.15, 0.2) is 0 Å². The normalized spacial score (nSPS) is 12.1. The lowest BCUT2D eigenvalue weighted by molar-refractivity contribution is -0.121. The number of nitrogens with one attached hydrogen (secondary N) is 2. The Bertz CT molecular complexity index is 400. The van der Waals surface area contributed by atoms with E-state index < -0.39 is 6.04 Å². The van der Waals surface area contributed by atoms with E-state index in [1.807, 2.05) is 6.92 Å². The van der Waals surface area contributed by atoms with Crippen LogP contribution in [0.3, 0.4) is 0 Å². The fraction of sp³-hybridized carbons (Fsp3) is 0.364. The van der Waals surface area contributed by atoms with Crippen LogP contribution in [0.4, 0.5) is 5.69 Å². The van der Waals surface area contributed by atoms with E-state index >= 15 is 0 Å². The molecule has 1 aromatic rings. The maximum Gasteiger partial charge on any atom is 0.242 e. The lowest BCUT2D eigenvalue weighted by Gasteiger charge is -2.17. The predicted molar refractivity (Wildman–Crippen MR) is 73.2 cm³/mol. The topological polar surface area (TPSA) is 41.1 Å². The summed E-state index contributed by atoms with van der Waals surface area (Å²) in [5, 5.41) is 6.89. The Balaban J connectivity index is 2.85. The fourth-order valence-corrected chi connectivity index (χ4v) is 2.22. The van der Waals surface area contributed by atoms with E-state index in [1.54, 1.807) is 19.1 Å². The first kappa shape index (κ1) is 14.4. The standard InChI is InChI=1S/C11H13Cl3N2O/c1-3-15-11(17)6(2)16-10-8(13)4-7(12)5-9(10)14/h4-6,16H,3H2,1-2H3,(H,15,17). The van der Waals surface area contributed by atoms with Gasteiger partial charge in [-0.3, -0.25) is 4.79 Å². The summed E-state index contributed by atoms with van der Waals surface area (Å²) in [6.45, 7) is 4.16. The monoisotopic (exact) mass is 294 g/mol. The lowest BCUT2D eigenvalue weighted by Crippen LogP contribution is -2.37. The van der Waals surface area contributed by atoms with E-state index in [4.69, 9.17) is 34.8 Å². The van der Waals surface area contributed by atoms with Crippen molar-refractivity contribution < 1.29 is 4.79 Å². The van der Waals surface area contributed by atoms with Crippen molar-refractivity contribution in [2.75, 3.05) is 11.9 Å². The number of anilines is 1. The van der Waals surface area contributed by atoms with Crippen LogP contribution in [0, 0.1) is 0 Å². The van der Waals surface area contributed by atoms with Gasteiger partial charge in [-0.15, -0.1) is 0 Å². The molecule has 1 unspecified atom stereocenters. The summed E-state index contributed by atoms with van der Waals surface area (Å²) in [5.74, 6) is -0.116. The first-order valence-corrected chi connectivity index (χ1v) is 6.28. The molecule has 6 heteroatoms. The summed E-state index contributed by atoms with van der Waals surface area (Å²) in [7, 11) is 0. The second kappa shape index (κ2) is 6.34. The molecule has 1 atom stereocenters. The molecule has 17 heavy (non-hydrogen) atoms. The zero-order chi connectivity index (χ0) is 13.0. The highest BCUT2D eigenvalue weighted by Crippen LogP contribution is 2.33. The van der Waals surface area contributed by atoms with Crippen LogP contribution in [0.5, 0.6) is 0 Å². The lowest BCUT2D eigenvalue weighted by atomic mass is 10.2. The Morgan fingerprint density at radius 3 is 2.29 bits per heavy atom. The molecule has 0 aliphatic heterocycles. The van der Waals surface area contributed by atoms with Crippen LogP contribution in [-0.4, -0.2) is 18.5 Å². The van der Waals surface area contributed by atoms with Crippen molar-refractivity contribution in [1.29, 1.82) is 0 Å². The molecule has 0 heterocycles. The molecule has 0 fully saturated rings. The molecule has 0 saturated heterocycles. The number of benzene rings is 1. The molecule has 0 radical (unpaired) electrons. The van der Waals surface area contributed by atoms with Gasteiger partial charge in [-0.25, -0.2) is 0 Å². The Hall–Kier alpha value is -0.640. The third-order valence-corrected chi connectivity index (χ3v) is 2.93. The molecule has 94 valence electrons. The molecular weight excluding hydrogens is 282 g/mol. The van der Waals surface area contributed by atoms with Gasteiger partial charge in [0.05, 0.1) is 15.7 Å². The Morgan fingerprint density at radius 1 is 1.29 bits per heavy atom. The highest BCUT2D eigenvalue weighted by atomic mass is 35.5. The van der Waals surface area contributed by atoms with Crippen LogP contribution in [0.25, 0.3) is 0 Å².